The van der Waals surface area contributed by atoms with Gasteiger partial charge in [-0.25, -0.2) is 9.59 Å². The quantitative estimate of drug-likeness (QED) is 0.749. The minimum atomic E-state index is -0.826. The molecule has 4 N–H and O–H groups in total. The number of nitrogens with one attached hydrogen (secondary N) is 2. The molecule has 0 radical (unpaired) electrons. The average Bonchev–Trinajstić information content (AvgIpc) is 2.60. The van der Waals surface area contributed by atoms with Gasteiger partial charge >= 0.3 is 12.1 Å². The molecule has 2 aromatic carbocycles. The van der Waals surface area contributed by atoms with Crippen molar-refractivity contribution in [3.8, 4) is 5.75 Å². The Bertz CT molecular complexity index is 714. The molecular formula is C18H21N3O4. The van der Waals surface area contributed by atoms with E-state index in [1.54, 1.807) is 38.3 Å². The average molecular weight is 343 g/mol. The zero-order valence-electron chi connectivity index (χ0n) is 14.1. The summed E-state index contributed by atoms with van der Waals surface area (Å²) in [6.45, 7) is 2.12. The van der Waals surface area contributed by atoms with E-state index in [1.807, 2.05) is 24.3 Å². The first kappa shape index (κ1) is 18.1. The van der Waals surface area contributed by atoms with Crippen molar-refractivity contribution in [1.82, 2.24) is 5.32 Å². The minimum absolute atomic E-state index is 0.315. The Morgan fingerprint density at radius 1 is 1.08 bits per heavy atom. The summed E-state index contributed by atoms with van der Waals surface area (Å²) in [5.74, 6) is 0.767. The highest BCUT2D eigenvalue weighted by Gasteiger charge is 2.09. The number of urea groups is 1. The van der Waals surface area contributed by atoms with E-state index < -0.39 is 12.2 Å². The highest BCUT2D eigenvalue weighted by Crippen LogP contribution is 2.19. The van der Waals surface area contributed by atoms with Crippen LogP contribution in [0.15, 0.2) is 48.5 Å². The van der Waals surface area contributed by atoms with E-state index in [9.17, 15) is 9.59 Å². The summed E-state index contributed by atoms with van der Waals surface area (Å²) < 4.78 is 9.98. The molecule has 0 aliphatic carbocycles. The summed E-state index contributed by atoms with van der Waals surface area (Å²) in [6.07, 6.45) is -1.27. The second kappa shape index (κ2) is 8.58. The Morgan fingerprint density at radius 3 is 2.28 bits per heavy atom. The number of benzene rings is 2. The molecule has 0 unspecified atom stereocenters. The van der Waals surface area contributed by atoms with Crippen LogP contribution in [-0.2, 0) is 11.3 Å². The molecule has 0 aliphatic heterocycles. The fraction of sp³-hybridized carbons (Fsp3) is 0.222. The lowest BCUT2D eigenvalue weighted by Crippen LogP contribution is -2.28. The predicted molar refractivity (Wildman–Crippen MR) is 94.4 cm³/mol. The van der Waals surface area contributed by atoms with Crippen molar-refractivity contribution in [2.45, 2.75) is 19.6 Å². The molecule has 0 aliphatic rings. The molecule has 7 heteroatoms. The smallest absolute Gasteiger partial charge is 0.405 e. The van der Waals surface area contributed by atoms with E-state index in [0.717, 1.165) is 16.9 Å². The van der Waals surface area contributed by atoms with Crippen LogP contribution in [0.5, 0.6) is 5.75 Å². The molecule has 25 heavy (non-hydrogen) atoms. The SMILES string of the molecule is COc1ccc(CNC(=O)Nc2ccc([C@H](C)OC(N)=O)cc2)cc1. The van der Waals surface area contributed by atoms with Crippen molar-refractivity contribution < 1.29 is 19.1 Å². The van der Waals surface area contributed by atoms with Crippen LogP contribution in [-0.4, -0.2) is 19.2 Å². The first-order chi connectivity index (χ1) is 12.0. The molecular weight excluding hydrogens is 322 g/mol. The van der Waals surface area contributed by atoms with Crippen LogP contribution in [0.1, 0.15) is 24.2 Å². The van der Waals surface area contributed by atoms with E-state index in [0.29, 0.717) is 12.2 Å². The molecule has 0 spiro atoms. The van der Waals surface area contributed by atoms with Crippen LogP contribution < -0.4 is 21.1 Å². The van der Waals surface area contributed by atoms with Crippen molar-refractivity contribution in [2.75, 3.05) is 12.4 Å². The Labute approximate surface area is 146 Å². The molecule has 3 amide bonds. The Hall–Kier alpha value is -3.22. The van der Waals surface area contributed by atoms with Gasteiger partial charge in [-0.3, -0.25) is 0 Å². The van der Waals surface area contributed by atoms with E-state index in [4.69, 9.17) is 15.2 Å². The molecule has 0 heterocycles. The van der Waals surface area contributed by atoms with Gasteiger partial charge in [0.15, 0.2) is 0 Å². The number of primary amides is 1. The molecule has 1 atom stereocenters. The molecule has 2 rings (SSSR count). The van der Waals surface area contributed by atoms with Crippen LogP contribution in [0, 0.1) is 0 Å². The van der Waals surface area contributed by atoms with Crippen molar-refractivity contribution in [2.24, 2.45) is 5.73 Å². The first-order valence-electron chi connectivity index (χ1n) is 7.71. The maximum absolute atomic E-state index is 11.9. The van der Waals surface area contributed by atoms with Crippen LogP contribution in [0.4, 0.5) is 15.3 Å². The minimum Gasteiger partial charge on any atom is -0.497 e. The molecule has 0 aromatic heterocycles. The van der Waals surface area contributed by atoms with Gasteiger partial charge in [-0.1, -0.05) is 24.3 Å². The van der Waals surface area contributed by atoms with E-state index in [2.05, 4.69) is 10.6 Å². The number of anilines is 1. The van der Waals surface area contributed by atoms with Crippen LogP contribution in [0.3, 0.4) is 0 Å². The van der Waals surface area contributed by atoms with Crippen molar-refractivity contribution in [1.29, 1.82) is 0 Å². The molecule has 132 valence electrons. The number of hydrogen-bond acceptors (Lipinski definition) is 4. The Kier molecular flexibility index (Phi) is 6.22. The number of hydrogen-bond donors (Lipinski definition) is 3. The number of carbonyl (C=O) groups excluding carboxylic acids is 2. The van der Waals surface area contributed by atoms with Crippen LogP contribution in [0.2, 0.25) is 0 Å². The summed E-state index contributed by atoms with van der Waals surface area (Å²) in [6, 6.07) is 14.1. The third kappa shape index (κ3) is 5.72. The summed E-state index contributed by atoms with van der Waals surface area (Å²) >= 11 is 0. The van der Waals surface area contributed by atoms with Gasteiger partial charge in [0, 0.05) is 12.2 Å². The standard InChI is InChI=1S/C18H21N3O4/c1-12(25-17(19)22)14-5-7-15(8-6-14)21-18(23)20-11-13-3-9-16(24-2)10-4-13/h3-10,12H,11H2,1-2H3,(H2,19,22)(H2,20,21,23)/t12-/m0/s1. The maximum atomic E-state index is 11.9. The first-order valence-corrected chi connectivity index (χ1v) is 7.71. The third-order valence-corrected chi connectivity index (χ3v) is 3.54. The van der Waals surface area contributed by atoms with E-state index >= 15 is 0 Å². The van der Waals surface area contributed by atoms with Gasteiger partial charge in [-0.2, -0.15) is 0 Å². The lowest BCUT2D eigenvalue weighted by molar-refractivity contribution is 0.116. The number of nitrogens with two attached hydrogens (primary N) is 1. The number of methoxy groups -OCH3 is 1. The lowest BCUT2D eigenvalue weighted by atomic mass is 10.1. The van der Waals surface area contributed by atoms with Gasteiger partial charge in [0.05, 0.1) is 7.11 Å². The number of amides is 3. The largest absolute Gasteiger partial charge is 0.497 e. The fourth-order valence-electron chi connectivity index (χ4n) is 2.18. The predicted octanol–water partition coefficient (Wildman–Crippen LogP) is 3.17. The van der Waals surface area contributed by atoms with Gasteiger partial charge in [0.25, 0.3) is 0 Å². The van der Waals surface area contributed by atoms with Gasteiger partial charge in [-0.05, 0) is 42.3 Å². The summed E-state index contributed by atoms with van der Waals surface area (Å²) in [5, 5.41) is 5.51. The zero-order valence-corrected chi connectivity index (χ0v) is 14.1. The summed E-state index contributed by atoms with van der Waals surface area (Å²) in [4.78, 5) is 22.7. The zero-order chi connectivity index (χ0) is 18.2. The number of carbonyl (C=O) groups is 2. The van der Waals surface area contributed by atoms with E-state index in [1.165, 1.54) is 0 Å². The normalized spacial score (nSPS) is 11.3. The monoisotopic (exact) mass is 343 g/mol. The molecule has 2 aromatic rings. The Morgan fingerprint density at radius 2 is 1.72 bits per heavy atom. The van der Waals surface area contributed by atoms with Crippen LogP contribution in [0.25, 0.3) is 0 Å². The molecule has 0 fully saturated rings. The Balaban J connectivity index is 1.84. The highest BCUT2D eigenvalue weighted by atomic mass is 16.6. The fourth-order valence-corrected chi connectivity index (χ4v) is 2.18. The van der Waals surface area contributed by atoms with Crippen molar-refractivity contribution >= 4 is 17.8 Å². The number of rotatable bonds is 6. The second-order valence-corrected chi connectivity index (χ2v) is 5.36. The number of ether oxygens (including phenoxy) is 2. The van der Waals surface area contributed by atoms with Crippen molar-refractivity contribution in [3.63, 3.8) is 0 Å². The van der Waals surface area contributed by atoms with Gasteiger partial charge < -0.3 is 25.8 Å². The highest BCUT2D eigenvalue weighted by molar-refractivity contribution is 5.89. The molecule has 7 nitrogen and oxygen atoms in total. The van der Waals surface area contributed by atoms with Crippen molar-refractivity contribution in [3.05, 3.63) is 59.7 Å². The topological polar surface area (TPSA) is 103 Å². The van der Waals surface area contributed by atoms with E-state index in [-0.39, 0.29) is 6.03 Å². The third-order valence-electron chi connectivity index (χ3n) is 3.54. The van der Waals surface area contributed by atoms with Gasteiger partial charge in [0.1, 0.15) is 11.9 Å². The van der Waals surface area contributed by atoms with Gasteiger partial charge in [-0.15, -0.1) is 0 Å². The van der Waals surface area contributed by atoms with Crippen LogP contribution >= 0.6 is 0 Å². The lowest BCUT2D eigenvalue weighted by Gasteiger charge is -2.13. The summed E-state index contributed by atoms with van der Waals surface area (Å²) in [5.41, 5.74) is 7.36. The molecule has 0 saturated heterocycles. The second-order valence-electron chi connectivity index (χ2n) is 5.36. The maximum Gasteiger partial charge on any atom is 0.405 e. The molecule has 0 bridgehead atoms. The summed E-state index contributed by atoms with van der Waals surface area (Å²) in [7, 11) is 1.60. The van der Waals surface area contributed by atoms with Gasteiger partial charge in [0.2, 0.25) is 0 Å². The molecule has 0 saturated carbocycles.